The van der Waals surface area contributed by atoms with Gasteiger partial charge in [0.15, 0.2) is 5.76 Å². The minimum Gasteiger partial charge on any atom is -0.451 e. The summed E-state index contributed by atoms with van der Waals surface area (Å²) in [7, 11) is 0. The Hall–Kier alpha value is -2.79. The Bertz CT molecular complexity index is 1040. The third kappa shape index (κ3) is 3.98. The number of benzene rings is 2. The van der Waals surface area contributed by atoms with Crippen molar-refractivity contribution in [1.82, 2.24) is 0 Å². The quantitative estimate of drug-likeness (QED) is 0.619. The summed E-state index contributed by atoms with van der Waals surface area (Å²) in [5.41, 5.74) is 3.45. The molecule has 27 heavy (non-hydrogen) atoms. The molecule has 3 rings (SSSR count). The highest BCUT2D eigenvalue weighted by molar-refractivity contribution is 6.31. The molecule has 0 aliphatic rings. The van der Waals surface area contributed by atoms with Gasteiger partial charge in [0.05, 0.1) is 0 Å². The average Bonchev–Trinajstić information content (AvgIpc) is 2.94. The minimum absolute atomic E-state index is 0.0823. The van der Waals surface area contributed by atoms with Gasteiger partial charge in [-0.2, -0.15) is 0 Å². The first-order valence-electron chi connectivity index (χ1n) is 8.67. The van der Waals surface area contributed by atoms with Gasteiger partial charge in [0.25, 0.3) is 5.91 Å². The number of hydrogen-bond donors (Lipinski definition) is 2. The number of hydrogen-bond acceptors (Lipinski definition) is 3. The number of halogens is 1. The maximum atomic E-state index is 12.8. The molecular weight excluding hydrogens is 364 g/mol. The molecule has 0 aliphatic heterocycles. The Kier molecular flexibility index (Phi) is 5.24. The van der Waals surface area contributed by atoms with Crippen molar-refractivity contribution < 1.29 is 14.0 Å². The summed E-state index contributed by atoms with van der Waals surface area (Å²) in [6, 6.07) is 10.6. The number of aryl methyl sites for hydroxylation is 2. The predicted octanol–water partition coefficient (Wildman–Crippen LogP) is 5.55. The Morgan fingerprint density at radius 2 is 1.78 bits per heavy atom. The van der Waals surface area contributed by atoms with Crippen molar-refractivity contribution in [1.29, 1.82) is 0 Å². The van der Waals surface area contributed by atoms with Crippen LogP contribution in [0.5, 0.6) is 0 Å². The summed E-state index contributed by atoms with van der Waals surface area (Å²) in [5.74, 6) is -0.325. The van der Waals surface area contributed by atoms with Crippen LogP contribution >= 0.6 is 11.6 Å². The van der Waals surface area contributed by atoms with Gasteiger partial charge in [-0.25, -0.2) is 0 Å². The van der Waals surface area contributed by atoms with Crippen LogP contribution in [-0.4, -0.2) is 11.8 Å². The fraction of sp³-hybridized carbons (Fsp3) is 0.238. The van der Waals surface area contributed by atoms with Crippen LogP contribution < -0.4 is 10.6 Å². The maximum absolute atomic E-state index is 12.8. The van der Waals surface area contributed by atoms with Gasteiger partial charge in [-0.05, 0) is 49.7 Å². The zero-order valence-electron chi connectivity index (χ0n) is 15.6. The van der Waals surface area contributed by atoms with Gasteiger partial charge in [0.1, 0.15) is 5.58 Å². The summed E-state index contributed by atoms with van der Waals surface area (Å²) in [6.07, 6.45) is 0. The average molecular weight is 385 g/mol. The van der Waals surface area contributed by atoms with Crippen molar-refractivity contribution in [3.63, 3.8) is 0 Å². The Balaban J connectivity index is 1.88. The molecule has 0 saturated carbocycles. The van der Waals surface area contributed by atoms with E-state index >= 15 is 0 Å². The first-order chi connectivity index (χ1) is 12.8. The first kappa shape index (κ1) is 19.0. The number of furan rings is 1. The third-order valence-electron chi connectivity index (χ3n) is 4.38. The van der Waals surface area contributed by atoms with Gasteiger partial charge < -0.3 is 15.1 Å². The second kappa shape index (κ2) is 7.45. The van der Waals surface area contributed by atoms with Crippen LogP contribution in [0.1, 0.15) is 35.5 Å². The van der Waals surface area contributed by atoms with Gasteiger partial charge in [-0.1, -0.05) is 31.5 Å². The lowest BCUT2D eigenvalue weighted by Gasteiger charge is -2.12. The molecule has 0 spiro atoms. The molecule has 0 atom stereocenters. The number of anilines is 2. The molecule has 0 radical (unpaired) electrons. The van der Waals surface area contributed by atoms with Crippen LogP contribution in [-0.2, 0) is 4.79 Å². The lowest BCUT2D eigenvalue weighted by molar-refractivity contribution is -0.118. The lowest BCUT2D eigenvalue weighted by Crippen LogP contribution is -2.18. The smallest absolute Gasteiger partial charge is 0.291 e. The van der Waals surface area contributed by atoms with E-state index in [1.807, 2.05) is 33.8 Å². The number of nitrogens with one attached hydrogen (secondary N) is 2. The van der Waals surface area contributed by atoms with Crippen LogP contribution in [0.3, 0.4) is 0 Å². The highest BCUT2D eigenvalue weighted by atomic mass is 35.5. The molecule has 3 aromatic rings. The van der Waals surface area contributed by atoms with Crippen molar-refractivity contribution in [2.75, 3.05) is 10.6 Å². The van der Waals surface area contributed by atoms with Crippen molar-refractivity contribution >= 4 is 45.8 Å². The summed E-state index contributed by atoms with van der Waals surface area (Å²) in [5, 5.41) is 7.10. The summed E-state index contributed by atoms with van der Waals surface area (Å²) < 4.78 is 5.71. The zero-order chi connectivity index (χ0) is 19.7. The first-order valence-corrected chi connectivity index (χ1v) is 9.05. The van der Waals surface area contributed by atoms with Crippen molar-refractivity contribution in [2.24, 2.45) is 5.92 Å². The van der Waals surface area contributed by atoms with E-state index in [4.69, 9.17) is 16.0 Å². The van der Waals surface area contributed by atoms with Crippen LogP contribution in [0.15, 0.2) is 40.8 Å². The molecule has 140 valence electrons. The van der Waals surface area contributed by atoms with Crippen molar-refractivity contribution in [3.05, 3.63) is 58.3 Å². The minimum atomic E-state index is -0.352. The zero-order valence-corrected chi connectivity index (χ0v) is 16.4. The fourth-order valence-electron chi connectivity index (χ4n) is 2.71. The molecule has 2 aromatic carbocycles. The molecule has 6 heteroatoms. The fourth-order valence-corrected chi connectivity index (χ4v) is 2.88. The normalized spacial score (nSPS) is 11.0. The second-order valence-electron chi connectivity index (χ2n) is 6.82. The summed E-state index contributed by atoms with van der Waals surface area (Å²) in [6.45, 7) is 7.35. The summed E-state index contributed by atoms with van der Waals surface area (Å²) >= 11 is 6.03. The molecule has 0 bridgehead atoms. The molecule has 5 nitrogen and oxygen atoms in total. The van der Waals surface area contributed by atoms with Crippen molar-refractivity contribution in [2.45, 2.75) is 27.7 Å². The largest absolute Gasteiger partial charge is 0.451 e. The highest BCUT2D eigenvalue weighted by Gasteiger charge is 2.19. The van der Waals surface area contributed by atoms with Crippen LogP contribution in [0.4, 0.5) is 11.4 Å². The molecule has 0 unspecified atom stereocenters. The molecule has 2 N–H and O–H groups in total. The van der Waals surface area contributed by atoms with E-state index in [0.29, 0.717) is 22.0 Å². The van der Waals surface area contributed by atoms with Crippen LogP contribution in [0, 0.1) is 19.8 Å². The third-order valence-corrected chi connectivity index (χ3v) is 4.62. The van der Waals surface area contributed by atoms with E-state index in [1.165, 1.54) is 0 Å². The predicted molar refractivity (Wildman–Crippen MR) is 109 cm³/mol. The van der Waals surface area contributed by atoms with E-state index in [1.54, 1.807) is 30.3 Å². The maximum Gasteiger partial charge on any atom is 0.291 e. The Morgan fingerprint density at radius 3 is 2.48 bits per heavy atom. The number of fused-ring (bicyclic) bond motifs is 1. The molecule has 0 saturated heterocycles. The molecule has 1 aromatic heterocycles. The standard InChI is InChI=1S/C21H21ClN2O3/c1-11(2)20(25)23-15-7-5-12(3)17(10-15)24-21(26)19-13(4)16-9-14(22)6-8-18(16)27-19/h5-11H,1-4H3,(H,23,25)(H,24,26). The highest BCUT2D eigenvalue weighted by Crippen LogP contribution is 2.29. The van der Waals surface area contributed by atoms with Gasteiger partial charge in [-0.15, -0.1) is 0 Å². The van der Waals surface area contributed by atoms with Gasteiger partial charge in [0, 0.05) is 33.3 Å². The molecule has 0 aliphatic carbocycles. The van der Waals surface area contributed by atoms with Crippen LogP contribution in [0.25, 0.3) is 11.0 Å². The SMILES string of the molecule is Cc1ccc(NC(=O)C(C)C)cc1NC(=O)c1oc2ccc(Cl)cc2c1C. The van der Waals surface area contributed by atoms with Crippen molar-refractivity contribution in [3.8, 4) is 0 Å². The Morgan fingerprint density at radius 1 is 1.04 bits per heavy atom. The summed E-state index contributed by atoms with van der Waals surface area (Å²) in [4.78, 5) is 24.7. The van der Waals surface area contributed by atoms with Gasteiger partial charge >= 0.3 is 0 Å². The van der Waals surface area contributed by atoms with Gasteiger partial charge in [0.2, 0.25) is 5.91 Å². The molecule has 1 heterocycles. The number of carbonyl (C=O) groups excluding carboxylic acids is 2. The van der Waals surface area contributed by atoms with E-state index < -0.39 is 0 Å². The number of carbonyl (C=O) groups is 2. The molecular formula is C21H21ClN2O3. The lowest BCUT2D eigenvalue weighted by atomic mass is 10.1. The monoisotopic (exact) mass is 384 g/mol. The second-order valence-corrected chi connectivity index (χ2v) is 7.26. The number of rotatable bonds is 4. The van der Waals surface area contributed by atoms with E-state index in [-0.39, 0.29) is 23.5 Å². The van der Waals surface area contributed by atoms with E-state index in [9.17, 15) is 9.59 Å². The molecule has 0 fully saturated rings. The molecule has 2 amide bonds. The van der Waals surface area contributed by atoms with Crippen LogP contribution in [0.2, 0.25) is 5.02 Å². The van der Waals surface area contributed by atoms with E-state index in [0.717, 1.165) is 16.5 Å². The number of amides is 2. The van der Waals surface area contributed by atoms with Gasteiger partial charge in [-0.3, -0.25) is 9.59 Å². The Labute approximate surface area is 162 Å². The topological polar surface area (TPSA) is 71.3 Å². The van der Waals surface area contributed by atoms with E-state index in [2.05, 4.69) is 10.6 Å².